The van der Waals surface area contributed by atoms with Crippen LogP contribution in [0.1, 0.15) is 38.5 Å². The molecular formula is C18H20O6. The lowest BCUT2D eigenvalue weighted by Gasteiger charge is -2.42. The molecule has 2 unspecified atom stereocenters. The molecule has 4 atom stereocenters. The van der Waals surface area contributed by atoms with E-state index >= 15 is 0 Å². The molecule has 0 aromatic rings. The highest BCUT2D eigenvalue weighted by molar-refractivity contribution is 6.23. The molecule has 5 rings (SSSR count). The Balaban J connectivity index is 1.49. The second-order valence-electron chi connectivity index (χ2n) is 7.20. The molecule has 0 amide bonds. The minimum absolute atomic E-state index is 0.138. The predicted octanol–water partition coefficient (Wildman–Crippen LogP) is 1.99. The zero-order chi connectivity index (χ0) is 16.3. The maximum absolute atomic E-state index is 12.9. The maximum Gasteiger partial charge on any atom is 0.227 e. The first-order valence-electron chi connectivity index (χ1n) is 8.84. The molecule has 2 fully saturated rings. The van der Waals surface area contributed by atoms with Crippen molar-refractivity contribution in [3.63, 3.8) is 0 Å². The highest BCUT2D eigenvalue weighted by Gasteiger charge is 2.48. The van der Waals surface area contributed by atoms with Gasteiger partial charge in [-0.15, -0.1) is 0 Å². The first-order valence-corrected chi connectivity index (χ1v) is 8.84. The van der Waals surface area contributed by atoms with Crippen molar-refractivity contribution < 1.29 is 28.5 Å². The number of fused-ring (bicyclic) bond motifs is 2. The second-order valence-corrected chi connectivity index (χ2v) is 7.20. The van der Waals surface area contributed by atoms with Crippen LogP contribution in [0.5, 0.6) is 0 Å². The van der Waals surface area contributed by atoms with E-state index in [0.29, 0.717) is 37.2 Å². The van der Waals surface area contributed by atoms with Crippen LogP contribution in [-0.2, 0) is 28.5 Å². The van der Waals surface area contributed by atoms with Crippen LogP contribution in [0.25, 0.3) is 0 Å². The topological polar surface area (TPSA) is 71.1 Å². The summed E-state index contributed by atoms with van der Waals surface area (Å²) in [6.07, 6.45) is 4.07. The molecule has 2 saturated heterocycles. The summed E-state index contributed by atoms with van der Waals surface area (Å²) in [6, 6.07) is 0. The molecule has 0 saturated carbocycles. The zero-order valence-electron chi connectivity index (χ0n) is 13.4. The Morgan fingerprint density at radius 1 is 0.708 bits per heavy atom. The summed E-state index contributed by atoms with van der Waals surface area (Å²) in [5.74, 6) is 0.270. The molecule has 5 aliphatic rings. The number of hydrogen-bond donors (Lipinski definition) is 0. The van der Waals surface area contributed by atoms with Crippen LogP contribution < -0.4 is 0 Å². The maximum atomic E-state index is 12.9. The molecule has 0 aromatic heterocycles. The van der Waals surface area contributed by atoms with E-state index in [9.17, 15) is 9.59 Å². The van der Waals surface area contributed by atoms with Gasteiger partial charge in [0, 0.05) is 11.8 Å². The molecule has 4 heterocycles. The Morgan fingerprint density at radius 3 is 1.62 bits per heavy atom. The summed E-state index contributed by atoms with van der Waals surface area (Å²) in [4.78, 5) is 25.8. The van der Waals surface area contributed by atoms with Crippen LogP contribution in [0, 0.1) is 11.8 Å². The fourth-order valence-electron chi connectivity index (χ4n) is 4.42. The summed E-state index contributed by atoms with van der Waals surface area (Å²) in [5.41, 5.74) is 0.916. The molecule has 6 nitrogen and oxygen atoms in total. The normalized spacial score (nSPS) is 38.5. The summed E-state index contributed by atoms with van der Waals surface area (Å²) in [7, 11) is 0. The van der Waals surface area contributed by atoms with E-state index < -0.39 is 12.6 Å². The van der Waals surface area contributed by atoms with Gasteiger partial charge in [0.05, 0.1) is 24.4 Å². The van der Waals surface area contributed by atoms with Gasteiger partial charge in [-0.1, -0.05) is 0 Å². The molecule has 0 bridgehead atoms. The lowest BCUT2D eigenvalue weighted by molar-refractivity contribution is -0.192. The Morgan fingerprint density at radius 2 is 1.17 bits per heavy atom. The SMILES string of the molecule is O=C1C2=C(O[C@@H]3OCCC[C@@H]3C2)C(=O)C2=C1OC1OCCCC1C2. The Labute approximate surface area is 139 Å². The number of allylic oxidation sites excluding steroid dienone is 2. The molecule has 128 valence electrons. The number of hydrogen-bond acceptors (Lipinski definition) is 6. The summed E-state index contributed by atoms with van der Waals surface area (Å²) < 4.78 is 23.0. The van der Waals surface area contributed by atoms with E-state index in [2.05, 4.69) is 0 Å². The van der Waals surface area contributed by atoms with Crippen LogP contribution in [0.15, 0.2) is 22.7 Å². The van der Waals surface area contributed by atoms with Crippen molar-refractivity contribution in [2.24, 2.45) is 11.8 Å². The van der Waals surface area contributed by atoms with Crippen molar-refractivity contribution in [2.45, 2.75) is 51.1 Å². The Hall–Kier alpha value is -1.66. The van der Waals surface area contributed by atoms with Gasteiger partial charge in [-0.25, -0.2) is 0 Å². The molecule has 1 aliphatic carbocycles. The molecule has 4 aliphatic heterocycles. The van der Waals surface area contributed by atoms with Gasteiger partial charge in [0.2, 0.25) is 24.1 Å². The van der Waals surface area contributed by atoms with Crippen LogP contribution >= 0.6 is 0 Å². The molecule has 0 aromatic carbocycles. The van der Waals surface area contributed by atoms with Crippen molar-refractivity contribution in [1.29, 1.82) is 0 Å². The molecule has 6 heteroatoms. The first-order chi connectivity index (χ1) is 11.7. The average molecular weight is 332 g/mol. The largest absolute Gasteiger partial charge is 0.460 e. The van der Waals surface area contributed by atoms with Gasteiger partial charge in [0.15, 0.2) is 11.5 Å². The lowest BCUT2D eigenvalue weighted by Crippen LogP contribution is -2.44. The van der Waals surface area contributed by atoms with Crippen molar-refractivity contribution >= 4 is 11.6 Å². The van der Waals surface area contributed by atoms with E-state index in [1.807, 2.05) is 0 Å². The number of rotatable bonds is 0. The van der Waals surface area contributed by atoms with Gasteiger partial charge in [-0.2, -0.15) is 0 Å². The van der Waals surface area contributed by atoms with E-state index in [1.54, 1.807) is 0 Å². The number of ketones is 2. The van der Waals surface area contributed by atoms with Gasteiger partial charge in [0.25, 0.3) is 0 Å². The monoisotopic (exact) mass is 332 g/mol. The first kappa shape index (κ1) is 14.7. The van der Waals surface area contributed by atoms with E-state index in [4.69, 9.17) is 18.9 Å². The second kappa shape index (κ2) is 5.43. The number of ether oxygens (including phenoxy) is 4. The number of carbonyl (C=O) groups is 2. The molecule has 0 radical (unpaired) electrons. The third-order valence-corrected chi connectivity index (χ3v) is 5.68. The minimum Gasteiger partial charge on any atom is -0.460 e. The van der Waals surface area contributed by atoms with Gasteiger partial charge >= 0.3 is 0 Å². The number of Topliss-reactive ketones (excluding diaryl/α,β-unsaturated/α-hetero) is 2. The fourth-order valence-corrected chi connectivity index (χ4v) is 4.42. The highest BCUT2D eigenvalue weighted by atomic mass is 16.7. The highest BCUT2D eigenvalue weighted by Crippen LogP contribution is 2.44. The van der Waals surface area contributed by atoms with Crippen LogP contribution in [-0.4, -0.2) is 37.4 Å². The van der Waals surface area contributed by atoms with Gasteiger partial charge in [-0.05, 0) is 38.5 Å². The zero-order valence-corrected chi connectivity index (χ0v) is 13.4. The smallest absolute Gasteiger partial charge is 0.227 e. The Bertz CT molecular complexity index is 565. The summed E-state index contributed by atoms with van der Waals surface area (Å²) >= 11 is 0. The summed E-state index contributed by atoms with van der Waals surface area (Å²) in [5, 5.41) is 0. The van der Waals surface area contributed by atoms with E-state index in [-0.39, 0.29) is 34.9 Å². The third-order valence-electron chi connectivity index (χ3n) is 5.68. The van der Waals surface area contributed by atoms with Gasteiger partial charge in [-0.3, -0.25) is 9.59 Å². The van der Waals surface area contributed by atoms with Crippen molar-refractivity contribution in [3.8, 4) is 0 Å². The van der Waals surface area contributed by atoms with Crippen LogP contribution in [0.4, 0.5) is 0 Å². The van der Waals surface area contributed by atoms with E-state index in [0.717, 1.165) is 25.7 Å². The molecule has 0 N–H and O–H groups in total. The average Bonchev–Trinajstić information content (AvgIpc) is 2.64. The van der Waals surface area contributed by atoms with E-state index in [1.165, 1.54) is 0 Å². The molecule has 24 heavy (non-hydrogen) atoms. The minimum atomic E-state index is -0.397. The van der Waals surface area contributed by atoms with Crippen LogP contribution in [0.3, 0.4) is 0 Å². The third kappa shape index (κ3) is 2.09. The van der Waals surface area contributed by atoms with Gasteiger partial charge in [0.1, 0.15) is 0 Å². The van der Waals surface area contributed by atoms with Gasteiger partial charge < -0.3 is 18.9 Å². The van der Waals surface area contributed by atoms with Crippen molar-refractivity contribution in [1.82, 2.24) is 0 Å². The Kier molecular flexibility index (Phi) is 3.31. The van der Waals surface area contributed by atoms with Crippen molar-refractivity contribution in [3.05, 3.63) is 22.7 Å². The lowest BCUT2D eigenvalue weighted by atomic mass is 9.79. The predicted molar refractivity (Wildman–Crippen MR) is 80.4 cm³/mol. The summed E-state index contributed by atoms with van der Waals surface area (Å²) in [6.45, 7) is 1.29. The standard InChI is InChI=1S/C18H20O6/c19-13-11-7-9-3-1-5-21-17(9)23-15(11)14(20)12-8-10-4-2-6-22-18(10)24-16(12)13/h9-10,17-18H,1-8H2/t9-,10?,17+,18?/m1/s1. The molecule has 0 spiro atoms. The number of carbonyl (C=O) groups excluding carboxylic acids is 2. The van der Waals surface area contributed by atoms with Crippen molar-refractivity contribution in [2.75, 3.05) is 13.2 Å². The molecular weight excluding hydrogens is 312 g/mol. The quantitative estimate of drug-likeness (QED) is 0.632. The fraction of sp³-hybridized carbons (Fsp3) is 0.667. The van der Waals surface area contributed by atoms with Crippen LogP contribution in [0.2, 0.25) is 0 Å².